The highest BCUT2D eigenvalue weighted by Gasteiger charge is 2.50. The Hall–Kier alpha value is -2.41. The lowest BCUT2D eigenvalue weighted by atomic mass is 9.53. The maximum Gasteiger partial charge on any atom is 0.243 e. The van der Waals surface area contributed by atoms with E-state index in [-0.39, 0.29) is 29.8 Å². The van der Waals surface area contributed by atoms with Crippen molar-refractivity contribution in [1.29, 1.82) is 0 Å². The predicted octanol–water partition coefficient (Wildman–Crippen LogP) is 2.99. The average Bonchev–Trinajstić information content (AvgIpc) is 2.70. The third-order valence-corrected chi connectivity index (χ3v) is 7.21. The summed E-state index contributed by atoms with van der Waals surface area (Å²) in [5, 5.41) is 9.15. The number of rotatable bonds is 8. The van der Waals surface area contributed by atoms with Crippen LogP contribution in [0.2, 0.25) is 0 Å². The Kier molecular flexibility index (Phi) is 6.32. The Labute approximate surface area is 184 Å². The van der Waals surface area contributed by atoms with E-state index in [0.717, 1.165) is 17.8 Å². The highest BCUT2D eigenvalue weighted by atomic mass is 16.2. The van der Waals surface area contributed by atoms with Crippen LogP contribution in [0.5, 0.6) is 0 Å². The molecule has 4 saturated carbocycles. The molecular formula is C24H34N4O3. The second-order valence-electron chi connectivity index (χ2n) is 9.77. The second-order valence-corrected chi connectivity index (χ2v) is 9.77. The van der Waals surface area contributed by atoms with Gasteiger partial charge in [-0.25, -0.2) is 0 Å². The largest absolute Gasteiger partial charge is 0.333 e. The average molecular weight is 427 g/mol. The van der Waals surface area contributed by atoms with Gasteiger partial charge in [-0.15, -0.1) is 0 Å². The molecule has 5 rings (SSSR count). The fourth-order valence-corrected chi connectivity index (χ4v) is 6.29. The first kappa shape index (κ1) is 21.8. The molecule has 0 aromatic heterocycles. The first-order valence-electron chi connectivity index (χ1n) is 11.5. The summed E-state index contributed by atoms with van der Waals surface area (Å²) < 4.78 is 0. The third kappa shape index (κ3) is 5.26. The minimum absolute atomic E-state index is 0.0191. The Bertz CT molecular complexity index is 800. The molecule has 4 aliphatic carbocycles. The standard InChI is InChI=1S/C24H34N4O3/c1-3-28(15-22(30)27-21-6-4-20(5-7-21)26-16(2)29)23(31)14-25-24-11-17-8-18(12-24)10-19(9-17)13-24/h4-7,17-19,25H,3,8-15H2,1-2H3,(H,26,29)(H,27,30). The van der Waals surface area contributed by atoms with Gasteiger partial charge < -0.3 is 20.9 Å². The summed E-state index contributed by atoms with van der Waals surface area (Å²) in [6.45, 7) is 4.18. The smallest absolute Gasteiger partial charge is 0.243 e. The van der Waals surface area contributed by atoms with E-state index in [4.69, 9.17) is 0 Å². The number of hydrogen-bond donors (Lipinski definition) is 3. The molecule has 3 amide bonds. The van der Waals surface area contributed by atoms with Gasteiger partial charge in [-0.05, 0) is 87.5 Å². The van der Waals surface area contributed by atoms with E-state index >= 15 is 0 Å². The first-order chi connectivity index (χ1) is 14.8. The molecule has 4 aliphatic rings. The van der Waals surface area contributed by atoms with Crippen LogP contribution in [0.4, 0.5) is 11.4 Å². The van der Waals surface area contributed by atoms with Gasteiger partial charge in [-0.2, -0.15) is 0 Å². The molecule has 1 aromatic rings. The molecule has 0 saturated heterocycles. The molecule has 0 atom stereocenters. The van der Waals surface area contributed by atoms with Crippen molar-refractivity contribution in [2.24, 2.45) is 17.8 Å². The van der Waals surface area contributed by atoms with Crippen LogP contribution in [-0.2, 0) is 14.4 Å². The summed E-state index contributed by atoms with van der Waals surface area (Å²) in [7, 11) is 0. The van der Waals surface area contributed by atoms with Gasteiger partial charge >= 0.3 is 0 Å². The van der Waals surface area contributed by atoms with Gasteiger partial charge in [-0.1, -0.05) is 0 Å². The second kappa shape index (κ2) is 8.99. The fourth-order valence-electron chi connectivity index (χ4n) is 6.29. The quantitative estimate of drug-likeness (QED) is 0.596. The van der Waals surface area contributed by atoms with Crippen molar-refractivity contribution in [3.63, 3.8) is 0 Å². The Morgan fingerprint density at radius 1 is 0.935 bits per heavy atom. The Morgan fingerprint density at radius 3 is 1.94 bits per heavy atom. The van der Waals surface area contributed by atoms with Gasteiger partial charge in [0, 0.05) is 30.4 Å². The van der Waals surface area contributed by atoms with E-state index in [1.165, 1.54) is 45.4 Å². The van der Waals surface area contributed by atoms with Crippen molar-refractivity contribution >= 4 is 29.1 Å². The summed E-state index contributed by atoms with van der Waals surface area (Å²) >= 11 is 0. The van der Waals surface area contributed by atoms with E-state index in [9.17, 15) is 14.4 Å². The lowest BCUT2D eigenvalue weighted by molar-refractivity contribution is -0.134. The number of anilines is 2. The zero-order valence-corrected chi connectivity index (χ0v) is 18.6. The van der Waals surface area contributed by atoms with Crippen LogP contribution in [0.25, 0.3) is 0 Å². The lowest BCUT2D eigenvalue weighted by Gasteiger charge is -2.57. The predicted molar refractivity (Wildman–Crippen MR) is 121 cm³/mol. The number of carbonyl (C=O) groups is 3. The molecule has 0 heterocycles. The lowest BCUT2D eigenvalue weighted by Crippen LogP contribution is -2.60. The number of hydrogen-bond acceptors (Lipinski definition) is 4. The zero-order valence-electron chi connectivity index (χ0n) is 18.6. The minimum Gasteiger partial charge on any atom is -0.333 e. The van der Waals surface area contributed by atoms with Gasteiger partial charge in [0.25, 0.3) is 0 Å². The van der Waals surface area contributed by atoms with Crippen LogP contribution in [0, 0.1) is 17.8 Å². The van der Waals surface area contributed by atoms with E-state index in [2.05, 4.69) is 16.0 Å². The van der Waals surface area contributed by atoms with Crippen molar-refractivity contribution in [2.45, 2.75) is 57.9 Å². The highest BCUT2D eigenvalue weighted by Crippen LogP contribution is 2.55. The van der Waals surface area contributed by atoms with E-state index in [0.29, 0.717) is 24.5 Å². The van der Waals surface area contributed by atoms with Gasteiger partial charge in [0.15, 0.2) is 0 Å². The van der Waals surface area contributed by atoms with Crippen molar-refractivity contribution in [3.05, 3.63) is 24.3 Å². The van der Waals surface area contributed by atoms with E-state index in [1.807, 2.05) is 6.92 Å². The molecule has 0 unspecified atom stereocenters. The SMILES string of the molecule is CCN(CC(=O)Nc1ccc(NC(C)=O)cc1)C(=O)CNC12CC3CC(CC(C3)C1)C2. The topological polar surface area (TPSA) is 90.5 Å². The van der Waals surface area contributed by atoms with Crippen LogP contribution in [0.1, 0.15) is 52.4 Å². The molecule has 7 nitrogen and oxygen atoms in total. The first-order valence-corrected chi connectivity index (χ1v) is 11.5. The molecule has 7 heteroatoms. The zero-order chi connectivity index (χ0) is 22.0. The number of carbonyl (C=O) groups excluding carboxylic acids is 3. The minimum atomic E-state index is -0.225. The fraction of sp³-hybridized carbons (Fsp3) is 0.625. The molecule has 0 radical (unpaired) electrons. The summed E-state index contributed by atoms with van der Waals surface area (Å²) in [6.07, 6.45) is 7.74. The van der Waals surface area contributed by atoms with Crippen molar-refractivity contribution in [2.75, 3.05) is 30.3 Å². The Balaban J connectivity index is 1.27. The number of nitrogens with zero attached hydrogens (tertiary/aromatic N) is 1. The molecular weight excluding hydrogens is 392 g/mol. The van der Waals surface area contributed by atoms with Crippen molar-refractivity contribution < 1.29 is 14.4 Å². The van der Waals surface area contributed by atoms with Crippen molar-refractivity contribution in [1.82, 2.24) is 10.2 Å². The van der Waals surface area contributed by atoms with Gasteiger partial charge in [-0.3, -0.25) is 14.4 Å². The molecule has 0 aliphatic heterocycles. The maximum absolute atomic E-state index is 12.8. The molecule has 1 aromatic carbocycles. The van der Waals surface area contributed by atoms with Crippen LogP contribution in [0.3, 0.4) is 0 Å². The molecule has 0 spiro atoms. The van der Waals surface area contributed by atoms with Gasteiger partial charge in [0.2, 0.25) is 17.7 Å². The Morgan fingerprint density at radius 2 is 1.45 bits per heavy atom. The van der Waals surface area contributed by atoms with Crippen LogP contribution < -0.4 is 16.0 Å². The van der Waals surface area contributed by atoms with Gasteiger partial charge in [0.1, 0.15) is 0 Å². The maximum atomic E-state index is 12.8. The summed E-state index contributed by atoms with van der Waals surface area (Å²) in [6, 6.07) is 6.93. The molecule has 4 fully saturated rings. The molecule has 31 heavy (non-hydrogen) atoms. The monoisotopic (exact) mass is 426 g/mol. The van der Waals surface area contributed by atoms with Crippen LogP contribution >= 0.6 is 0 Å². The van der Waals surface area contributed by atoms with E-state index < -0.39 is 0 Å². The molecule has 3 N–H and O–H groups in total. The summed E-state index contributed by atoms with van der Waals surface area (Å²) in [5.74, 6) is 2.11. The number of benzene rings is 1. The third-order valence-electron chi connectivity index (χ3n) is 7.21. The summed E-state index contributed by atoms with van der Waals surface area (Å²) in [4.78, 5) is 38.0. The van der Waals surface area contributed by atoms with Crippen molar-refractivity contribution in [3.8, 4) is 0 Å². The normalized spacial score (nSPS) is 28.3. The number of likely N-dealkylation sites (N-methyl/N-ethyl adjacent to an activating group) is 1. The molecule has 168 valence electrons. The van der Waals surface area contributed by atoms with Gasteiger partial charge in [0.05, 0.1) is 13.1 Å². The molecule has 4 bridgehead atoms. The number of nitrogens with one attached hydrogen (secondary N) is 3. The summed E-state index contributed by atoms with van der Waals surface area (Å²) in [5.41, 5.74) is 1.45. The number of amides is 3. The highest BCUT2D eigenvalue weighted by molar-refractivity contribution is 5.95. The van der Waals surface area contributed by atoms with E-state index in [1.54, 1.807) is 29.2 Å². The van der Waals surface area contributed by atoms with Crippen LogP contribution in [0.15, 0.2) is 24.3 Å². The van der Waals surface area contributed by atoms with Crippen LogP contribution in [-0.4, -0.2) is 47.8 Å².